The van der Waals surface area contributed by atoms with Crippen molar-refractivity contribution in [2.75, 3.05) is 0 Å². The average Bonchev–Trinajstić information content (AvgIpc) is 2.73. The van der Waals surface area contributed by atoms with Crippen molar-refractivity contribution >= 4 is 37.4 Å². The molecule has 1 aromatic heterocycles. The van der Waals surface area contributed by atoms with Crippen LogP contribution in [0.3, 0.4) is 0 Å². The molecule has 0 saturated carbocycles. The third-order valence-corrected chi connectivity index (χ3v) is 5.49. The summed E-state index contributed by atoms with van der Waals surface area (Å²) >= 11 is 5.62. The Morgan fingerprint density at radius 1 is 1.25 bits per heavy atom. The van der Waals surface area contributed by atoms with Gasteiger partial charge in [-0.25, -0.2) is 0 Å². The van der Waals surface area contributed by atoms with E-state index in [1.54, 1.807) is 0 Å². The lowest BCUT2D eigenvalue weighted by atomic mass is 10.0. The third-order valence-electron chi connectivity index (χ3n) is 2.97. The summed E-state index contributed by atoms with van der Waals surface area (Å²) in [4.78, 5) is 0.628. The Balaban J connectivity index is 2.12. The van der Waals surface area contributed by atoms with Gasteiger partial charge in [0.2, 0.25) is 0 Å². The molecule has 0 bridgehead atoms. The van der Waals surface area contributed by atoms with Gasteiger partial charge in [0.15, 0.2) is 0 Å². The van der Waals surface area contributed by atoms with E-state index in [1.165, 1.54) is 28.5 Å². The van der Waals surface area contributed by atoms with Gasteiger partial charge in [-0.2, -0.15) is 0 Å². The lowest BCUT2D eigenvalue weighted by Crippen LogP contribution is -2.08. The molecule has 0 aliphatic rings. The second-order valence-corrected chi connectivity index (χ2v) is 6.65. The second kappa shape index (κ2) is 5.33. The summed E-state index contributed by atoms with van der Waals surface area (Å²) in [7, 11) is 0. The van der Waals surface area contributed by atoms with E-state index in [2.05, 4.69) is 59.4 Å². The molecule has 1 aromatic carbocycles. The van der Waals surface area contributed by atoms with Crippen LogP contribution in [0, 0.1) is 5.92 Å². The summed E-state index contributed by atoms with van der Waals surface area (Å²) < 4.78 is 1.46. The Labute approximate surface area is 110 Å². The van der Waals surface area contributed by atoms with Gasteiger partial charge in [0, 0.05) is 9.53 Å². The fraction of sp³-hybridized carbons (Fsp3) is 0.429. The highest BCUT2D eigenvalue weighted by molar-refractivity contribution is 9.09. The number of alkyl halides is 1. The van der Waals surface area contributed by atoms with E-state index < -0.39 is 0 Å². The first kappa shape index (κ1) is 12.1. The van der Waals surface area contributed by atoms with Gasteiger partial charge in [0.25, 0.3) is 0 Å². The van der Waals surface area contributed by atoms with Gasteiger partial charge in [-0.05, 0) is 41.2 Å². The minimum atomic E-state index is 0.628. The van der Waals surface area contributed by atoms with Crippen molar-refractivity contribution in [2.24, 2.45) is 5.92 Å². The molecule has 16 heavy (non-hydrogen) atoms. The van der Waals surface area contributed by atoms with Crippen LogP contribution in [0.1, 0.15) is 25.8 Å². The normalized spacial score (nSPS) is 13.5. The van der Waals surface area contributed by atoms with Crippen molar-refractivity contribution in [2.45, 2.75) is 31.5 Å². The summed E-state index contributed by atoms with van der Waals surface area (Å²) in [6.07, 6.45) is 2.39. The van der Waals surface area contributed by atoms with E-state index in [9.17, 15) is 0 Å². The molecule has 1 atom stereocenters. The van der Waals surface area contributed by atoms with Crippen LogP contribution in [-0.4, -0.2) is 4.83 Å². The zero-order valence-electron chi connectivity index (χ0n) is 9.74. The quantitative estimate of drug-likeness (QED) is 0.676. The number of aryl methyl sites for hydroxylation is 1. The van der Waals surface area contributed by atoms with E-state index in [1.807, 2.05) is 11.3 Å². The lowest BCUT2D eigenvalue weighted by molar-refractivity contribution is 0.582. The molecular weight excluding hydrogens is 280 g/mol. The summed E-state index contributed by atoms with van der Waals surface area (Å²) in [5.41, 5.74) is 1.50. The highest BCUT2D eigenvalue weighted by Gasteiger charge is 2.10. The van der Waals surface area contributed by atoms with Crippen molar-refractivity contribution < 1.29 is 0 Å². The van der Waals surface area contributed by atoms with Crippen LogP contribution in [-0.2, 0) is 6.42 Å². The van der Waals surface area contributed by atoms with Crippen molar-refractivity contribution in [1.82, 2.24) is 0 Å². The first-order valence-electron chi connectivity index (χ1n) is 5.77. The topological polar surface area (TPSA) is 0 Å². The fourth-order valence-electron chi connectivity index (χ4n) is 1.88. The molecule has 2 aromatic rings. The van der Waals surface area contributed by atoms with E-state index in [0.717, 1.165) is 0 Å². The van der Waals surface area contributed by atoms with Crippen LogP contribution in [0.15, 0.2) is 29.6 Å². The molecule has 0 aliphatic carbocycles. The fourth-order valence-corrected chi connectivity index (χ4v) is 3.05. The number of halogens is 1. The zero-order chi connectivity index (χ0) is 11.5. The maximum Gasteiger partial charge on any atom is 0.0374 e. The Morgan fingerprint density at radius 3 is 2.81 bits per heavy atom. The molecule has 2 rings (SSSR count). The number of fused-ring (bicyclic) bond motifs is 1. The van der Waals surface area contributed by atoms with Gasteiger partial charge >= 0.3 is 0 Å². The van der Waals surface area contributed by atoms with E-state index in [0.29, 0.717) is 10.7 Å². The zero-order valence-corrected chi connectivity index (χ0v) is 12.1. The van der Waals surface area contributed by atoms with E-state index >= 15 is 0 Å². The Hall–Kier alpha value is -0.340. The smallest absolute Gasteiger partial charge is 0.0374 e. The Kier molecular flexibility index (Phi) is 4.04. The largest absolute Gasteiger partial charge is 0.144 e. The van der Waals surface area contributed by atoms with Crippen LogP contribution in [0.5, 0.6) is 0 Å². The molecule has 86 valence electrons. The summed E-state index contributed by atoms with van der Waals surface area (Å²) in [5.74, 6) is 0.711. The molecule has 2 heteroatoms. The minimum Gasteiger partial charge on any atom is -0.144 e. The van der Waals surface area contributed by atoms with Gasteiger partial charge in [-0.1, -0.05) is 48.0 Å². The number of hydrogen-bond donors (Lipinski definition) is 0. The number of rotatable bonds is 4. The van der Waals surface area contributed by atoms with Crippen molar-refractivity contribution in [3.63, 3.8) is 0 Å². The van der Waals surface area contributed by atoms with Crippen LogP contribution >= 0.6 is 27.3 Å². The summed E-state index contributed by atoms with van der Waals surface area (Å²) in [5, 5.41) is 3.57. The molecule has 0 amide bonds. The van der Waals surface area contributed by atoms with Crippen molar-refractivity contribution in [3.05, 3.63) is 35.2 Å². The molecule has 0 radical (unpaired) electrons. The Morgan fingerprint density at radius 2 is 2.06 bits per heavy atom. The van der Waals surface area contributed by atoms with Crippen molar-refractivity contribution in [1.29, 1.82) is 0 Å². The van der Waals surface area contributed by atoms with E-state index in [4.69, 9.17) is 0 Å². The van der Waals surface area contributed by atoms with Gasteiger partial charge in [0.05, 0.1) is 0 Å². The summed E-state index contributed by atoms with van der Waals surface area (Å²) in [6.45, 7) is 4.54. The standard InChI is InChI=1S/C14H17BrS/c1-10(2)13(15)7-6-11-4-3-5-12-8-9-16-14(11)12/h3-5,8-10,13H,6-7H2,1-2H3. The highest BCUT2D eigenvalue weighted by atomic mass is 79.9. The molecule has 0 N–H and O–H groups in total. The van der Waals surface area contributed by atoms with Crippen LogP contribution in [0.4, 0.5) is 0 Å². The molecule has 1 unspecified atom stereocenters. The Bertz CT molecular complexity index is 458. The van der Waals surface area contributed by atoms with Crippen molar-refractivity contribution in [3.8, 4) is 0 Å². The molecule has 1 heterocycles. The van der Waals surface area contributed by atoms with Gasteiger partial charge < -0.3 is 0 Å². The number of hydrogen-bond acceptors (Lipinski definition) is 1. The second-order valence-electron chi connectivity index (χ2n) is 4.55. The molecule has 0 nitrogen and oxygen atoms in total. The number of thiophene rings is 1. The molecule has 0 fully saturated rings. The molecule has 0 spiro atoms. The predicted molar refractivity (Wildman–Crippen MR) is 77.7 cm³/mol. The first-order chi connectivity index (χ1) is 7.68. The van der Waals surface area contributed by atoms with Crippen LogP contribution in [0.2, 0.25) is 0 Å². The predicted octanol–water partition coefficient (Wildman–Crippen LogP) is 5.25. The highest BCUT2D eigenvalue weighted by Crippen LogP contribution is 2.27. The monoisotopic (exact) mass is 296 g/mol. The van der Waals surface area contributed by atoms with E-state index in [-0.39, 0.29) is 0 Å². The third kappa shape index (κ3) is 2.67. The van der Waals surface area contributed by atoms with Gasteiger partial charge in [-0.3, -0.25) is 0 Å². The molecule has 0 saturated heterocycles. The minimum absolute atomic E-state index is 0.628. The lowest BCUT2D eigenvalue weighted by Gasteiger charge is -2.13. The van der Waals surface area contributed by atoms with Crippen LogP contribution in [0.25, 0.3) is 10.1 Å². The van der Waals surface area contributed by atoms with Gasteiger partial charge in [0.1, 0.15) is 0 Å². The van der Waals surface area contributed by atoms with Gasteiger partial charge in [-0.15, -0.1) is 11.3 Å². The average molecular weight is 297 g/mol. The molecule has 0 aliphatic heterocycles. The molecular formula is C14H17BrS. The number of benzene rings is 1. The summed E-state index contributed by atoms with van der Waals surface area (Å²) in [6, 6.07) is 8.84. The first-order valence-corrected chi connectivity index (χ1v) is 7.57. The maximum absolute atomic E-state index is 3.76. The maximum atomic E-state index is 3.76. The SMILES string of the molecule is CC(C)C(Br)CCc1cccc2ccsc12. The van der Waals surface area contributed by atoms with Crippen LogP contribution < -0.4 is 0 Å².